The fourth-order valence-corrected chi connectivity index (χ4v) is 4.02. The lowest BCUT2D eigenvalue weighted by atomic mass is 10.1. The molecule has 0 unspecified atom stereocenters. The van der Waals surface area contributed by atoms with E-state index in [1.54, 1.807) is 42.1 Å². The van der Waals surface area contributed by atoms with Gasteiger partial charge in [0.25, 0.3) is 0 Å². The van der Waals surface area contributed by atoms with Gasteiger partial charge in [0.05, 0.1) is 25.0 Å². The maximum atomic E-state index is 13.9. The molecule has 160 valence electrons. The molecule has 0 saturated carbocycles. The first-order valence-electron chi connectivity index (χ1n) is 9.67. The number of benzene rings is 2. The van der Waals surface area contributed by atoms with E-state index < -0.39 is 5.82 Å². The standard InChI is InChI=1S/C21H20ClFN6OS/c1-30-19-6-5-14(22)11-15(19)20-25-21(31)29(26-20)13-27-7-9-28(10-8-27)18-4-2-3-17(23)16(18)12-24/h2-6,11H,7-10,13H2,1H3,(H,25,26,31). The summed E-state index contributed by atoms with van der Waals surface area (Å²) in [4.78, 5) is 8.71. The molecular formula is C21H20ClFN6OS. The van der Waals surface area contributed by atoms with Crippen LogP contribution in [0.25, 0.3) is 11.4 Å². The zero-order valence-electron chi connectivity index (χ0n) is 16.8. The van der Waals surface area contributed by atoms with Gasteiger partial charge in [-0.2, -0.15) is 10.2 Å². The number of halogens is 2. The molecule has 10 heteroatoms. The van der Waals surface area contributed by atoms with Gasteiger partial charge in [-0.05, 0) is 42.5 Å². The number of nitriles is 1. The molecule has 31 heavy (non-hydrogen) atoms. The zero-order chi connectivity index (χ0) is 22.0. The van der Waals surface area contributed by atoms with Gasteiger partial charge in [-0.1, -0.05) is 17.7 Å². The molecule has 7 nitrogen and oxygen atoms in total. The molecule has 1 aliphatic heterocycles. The topological polar surface area (TPSA) is 73.1 Å². The molecule has 0 amide bonds. The highest BCUT2D eigenvalue weighted by Crippen LogP contribution is 2.30. The first-order chi connectivity index (χ1) is 15.0. The fraction of sp³-hybridized carbons (Fsp3) is 0.286. The minimum Gasteiger partial charge on any atom is -0.496 e. The van der Waals surface area contributed by atoms with Crippen molar-refractivity contribution in [2.75, 3.05) is 38.2 Å². The molecule has 3 aromatic rings. The number of aromatic nitrogens is 3. The second kappa shape index (κ2) is 9.06. The van der Waals surface area contributed by atoms with Crippen molar-refractivity contribution in [2.24, 2.45) is 0 Å². The van der Waals surface area contributed by atoms with Crippen LogP contribution in [0.15, 0.2) is 36.4 Å². The third kappa shape index (κ3) is 4.42. The average molecular weight is 459 g/mol. The molecule has 1 saturated heterocycles. The van der Waals surface area contributed by atoms with Crippen molar-refractivity contribution in [1.82, 2.24) is 19.7 Å². The second-order valence-corrected chi connectivity index (χ2v) is 7.92. The molecule has 0 bridgehead atoms. The predicted molar refractivity (Wildman–Crippen MR) is 119 cm³/mol. The monoisotopic (exact) mass is 458 g/mol. The van der Waals surface area contributed by atoms with Gasteiger partial charge in [0, 0.05) is 31.2 Å². The van der Waals surface area contributed by atoms with Crippen LogP contribution in [0.1, 0.15) is 5.56 Å². The summed E-state index contributed by atoms with van der Waals surface area (Å²) < 4.78 is 21.6. The third-order valence-corrected chi connectivity index (χ3v) is 5.80. The van der Waals surface area contributed by atoms with Gasteiger partial charge in [0.1, 0.15) is 23.2 Å². The fourth-order valence-electron chi connectivity index (χ4n) is 3.66. The number of nitrogens with zero attached hydrogens (tertiary/aromatic N) is 5. The quantitative estimate of drug-likeness (QED) is 0.581. The van der Waals surface area contributed by atoms with E-state index in [0.29, 0.717) is 46.8 Å². The number of nitrogens with one attached hydrogen (secondary N) is 1. The highest BCUT2D eigenvalue weighted by Gasteiger charge is 2.21. The number of piperazine rings is 1. The highest BCUT2D eigenvalue weighted by molar-refractivity contribution is 7.71. The number of rotatable bonds is 5. The van der Waals surface area contributed by atoms with Crippen LogP contribution in [0, 0.1) is 21.9 Å². The van der Waals surface area contributed by atoms with E-state index in [4.69, 9.17) is 28.6 Å². The van der Waals surface area contributed by atoms with Gasteiger partial charge in [0.15, 0.2) is 5.82 Å². The van der Waals surface area contributed by atoms with E-state index in [-0.39, 0.29) is 5.56 Å². The van der Waals surface area contributed by atoms with Gasteiger partial charge >= 0.3 is 0 Å². The van der Waals surface area contributed by atoms with Gasteiger partial charge in [-0.25, -0.2) is 9.07 Å². The molecule has 1 N–H and O–H groups in total. The minimum atomic E-state index is -0.491. The molecule has 0 radical (unpaired) electrons. The van der Waals surface area contributed by atoms with Gasteiger partial charge < -0.3 is 9.64 Å². The van der Waals surface area contributed by atoms with Crippen molar-refractivity contribution in [1.29, 1.82) is 5.26 Å². The van der Waals surface area contributed by atoms with Crippen LogP contribution in [0.5, 0.6) is 5.75 Å². The molecule has 2 heterocycles. The normalized spacial score (nSPS) is 14.5. The van der Waals surface area contributed by atoms with Crippen LogP contribution < -0.4 is 9.64 Å². The Hall–Kier alpha value is -2.93. The number of hydrogen-bond donors (Lipinski definition) is 1. The first-order valence-corrected chi connectivity index (χ1v) is 10.5. The number of hydrogen-bond acceptors (Lipinski definition) is 6. The number of anilines is 1. The van der Waals surface area contributed by atoms with Gasteiger partial charge in [-0.15, -0.1) is 0 Å². The third-order valence-electron chi connectivity index (χ3n) is 5.25. The van der Waals surface area contributed by atoms with Crippen LogP contribution >= 0.6 is 23.8 Å². The summed E-state index contributed by atoms with van der Waals surface area (Å²) in [6.45, 7) is 3.36. The Morgan fingerprint density at radius 2 is 2.03 bits per heavy atom. The lowest BCUT2D eigenvalue weighted by molar-refractivity contribution is 0.194. The Labute approximate surface area is 189 Å². The SMILES string of the molecule is COc1ccc(Cl)cc1-c1nc(=S)n(CN2CCN(c3cccc(F)c3C#N)CC2)[nH]1. The molecule has 0 atom stereocenters. The van der Waals surface area contributed by atoms with E-state index in [1.807, 2.05) is 11.0 Å². The molecule has 1 fully saturated rings. The van der Waals surface area contributed by atoms with E-state index >= 15 is 0 Å². The number of methoxy groups -OCH3 is 1. The number of aromatic amines is 1. The van der Waals surface area contributed by atoms with Crippen molar-refractivity contribution in [3.63, 3.8) is 0 Å². The second-order valence-electron chi connectivity index (χ2n) is 7.12. The van der Waals surface area contributed by atoms with E-state index in [2.05, 4.69) is 15.0 Å². The molecule has 0 spiro atoms. The summed E-state index contributed by atoms with van der Waals surface area (Å²) in [5.74, 6) is 0.744. The predicted octanol–water partition coefficient (Wildman–Crippen LogP) is 4.06. The molecule has 2 aromatic carbocycles. The molecule has 1 aliphatic rings. The van der Waals surface area contributed by atoms with E-state index in [0.717, 1.165) is 18.7 Å². The Kier molecular flexibility index (Phi) is 6.23. The summed E-state index contributed by atoms with van der Waals surface area (Å²) >= 11 is 11.6. The van der Waals surface area contributed by atoms with Crippen LogP contribution in [-0.4, -0.2) is 53.0 Å². The van der Waals surface area contributed by atoms with Crippen molar-refractivity contribution in [2.45, 2.75) is 6.67 Å². The molecular weight excluding hydrogens is 439 g/mol. The Morgan fingerprint density at radius 3 is 2.74 bits per heavy atom. The summed E-state index contributed by atoms with van der Waals surface area (Å²) in [6.07, 6.45) is 0. The number of ether oxygens (including phenoxy) is 1. The summed E-state index contributed by atoms with van der Waals surface area (Å²) in [5, 5.41) is 13.1. The number of H-pyrrole nitrogens is 1. The van der Waals surface area contributed by atoms with Gasteiger partial charge in [0.2, 0.25) is 4.77 Å². The maximum absolute atomic E-state index is 13.9. The Morgan fingerprint density at radius 1 is 1.26 bits per heavy atom. The van der Waals surface area contributed by atoms with E-state index in [1.165, 1.54) is 6.07 Å². The van der Waals surface area contributed by atoms with Crippen molar-refractivity contribution >= 4 is 29.5 Å². The highest BCUT2D eigenvalue weighted by atomic mass is 35.5. The van der Waals surface area contributed by atoms with Crippen LogP contribution in [0.2, 0.25) is 5.02 Å². The van der Waals surface area contributed by atoms with Crippen LogP contribution in [-0.2, 0) is 6.67 Å². The van der Waals surface area contributed by atoms with Crippen molar-refractivity contribution < 1.29 is 9.13 Å². The molecule has 1 aromatic heterocycles. The largest absolute Gasteiger partial charge is 0.496 e. The summed E-state index contributed by atoms with van der Waals surface area (Å²) in [5.41, 5.74) is 1.46. The Balaban J connectivity index is 1.47. The van der Waals surface area contributed by atoms with Crippen LogP contribution in [0.4, 0.5) is 10.1 Å². The van der Waals surface area contributed by atoms with Crippen molar-refractivity contribution in [3.05, 3.63) is 57.6 Å². The zero-order valence-corrected chi connectivity index (χ0v) is 18.4. The first kappa shape index (κ1) is 21.3. The molecule has 0 aliphatic carbocycles. The van der Waals surface area contributed by atoms with Gasteiger partial charge in [-0.3, -0.25) is 10.00 Å². The van der Waals surface area contributed by atoms with E-state index in [9.17, 15) is 9.65 Å². The smallest absolute Gasteiger partial charge is 0.217 e. The summed E-state index contributed by atoms with van der Waals surface area (Å²) in [7, 11) is 1.59. The maximum Gasteiger partial charge on any atom is 0.217 e. The minimum absolute atomic E-state index is 0.0897. The van der Waals surface area contributed by atoms with Crippen LogP contribution in [0.3, 0.4) is 0 Å². The average Bonchev–Trinajstić information content (AvgIpc) is 3.14. The van der Waals surface area contributed by atoms with Crippen molar-refractivity contribution in [3.8, 4) is 23.2 Å². The lowest BCUT2D eigenvalue weighted by Crippen LogP contribution is -2.47. The lowest BCUT2D eigenvalue weighted by Gasteiger charge is -2.36. The molecule has 4 rings (SSSR count). The Bertz CT molecular complexity index is 1200. The summed E-state index contributed by atoms with van der Waals surface area (Å²) in [6, 6.07) is 12.0.